The van der Waals surface area contributed by atoms with Gasteiger partial charge in [-0.1, -0.05) is 18.2 Å². The van der Waals surface area contributed by atoms with E-state index in [-0.39, 0.29) is 11.4 Å². The normalized spacial score (nSPS) is 10.1. The first kappa shape index (κ1) is 13.8. The molecule has 6 nitrogen and oxygen atoms in total. The summed E-state index contributed by atoms with van der Waals surface area (Å²) < 4.78 is 9.86. The van der Waals surface area contributed by atoms with Gasteiger partial charge in [0.25, 0.3) is 0 Å². The third-order valence-corrected chi connectivity index (χ3v) is 2.81. The number of nitrogens with two attached hydrogens (primary N) is 1. The molecule has 104 valence electrons. The van der Waals surface area contributed by atoms with Gasteiger partial charge in [0.05, 0.1) is 14.2 Å². The Balaban J connectivity index is 2.27. The van der Waals surface area contributed by atoms with Gasteiger partial charge in [-0.2, -0.15) is 0 Å². The fraction of sp³-hybridized carbons (Fsp3) is 0.214. The van der Waals surface area contributed by atoms with Crippen LogP contribution >= 0.6 is 0 Å². The average molecular weight is 273 g/mol. The summed E-state index contributed by atoms with van der Waals surface area (Å²) in [7, 11) is 2.89. The summed E-state index contributed by atoms with van der Waals surface area (Å²) in [6, 6.07) is 7.58. The monoisotopic (exact) mass is 273 g/mol. The number of nitrogen functional groups attached to an aromatic ring is 1. The minimum absolute atomic E-state index is 0.108. The van der Waals surface area contributed by atoms with Crippen LogP contribution in [0.3, 0.4) is 0 Å². The Bertz CT molecular complexity index is 629. The highest BCUT2D eigenvalue weighted by Crippen LogP contribution is 2.20. The molecule has 2 N–H and O–H groups in total. The summed E-state index contributed by atoms with van der Waals surface area (Å²) in [5.41, 5.74) is 6.85. The summed E-state index contributed by atoms with van der Waals surface area (Å²) in [6.45, 7) is 0. The zero-order chi connectivity index (χ0) is 14.5. The number of ether oxygens (including phenoxy) is 2. The van der Waals surface area contributed by atoms with E-state index in [4.69, 9.17) is 10.5 Å². The summed E-state index contributed by atoms with van der Waals surface area (Å²) >= 11 is 0. The van der Waals surface area contributed by atoms with Crippen LogP contribution in [-0.4, -0.2) is 30.2 Å². The maximum atomic E-state index is 11.4. The fourth-order valence-electron chi connectivity index (χ4n) is 1.81. The topological polar surface area (TPSA) is 87.3 Å². The molecule has 20 heavy (non-hydrogen) atoms. The van der Waals surface area contributed by atoms with E-state index in [9.17, 15) is 4.79 Å². The van der Waals surface area contributed by atoms with Crippen molar-refractivity contribution in [1.29, 1.82) is 0 Å². The number of nitrogens with zero attached hydrogens (tertiary/aromatic N) is 2. The largest absolute Gasteiger partial charge is 0.496 e. The molecule has 0 fully saturated rings. The number of methoxy groups -OCH3 is 2. The first-order valence-electron chi connectivity index (χ1n) is 5.97. The second-order valence-corrected chi connectivity index (χ2v) is 4.07. The minimum Gasteiger partial charge on any atom is -0.496 e. The molecule has 1 aromatic heterocycles. The van der Waals surface area contributed by atoms with Crippen molar-refractivity contribution in [3.63, 3.8) is 0 Å². The quantitative estimate of drug-likeness (QED) is 0.848. The molecular weight excluding hydrogens is 258 g/mol. The van der Waals surface area contributed by atoms with Gasteiger partial charge in [-0.25, -0.2) is 14.8 Å². The van der Waals surface area contributed by atoms with Gasteiger partial charge in [-0.15, -0.1) is 0 Å². The van der Waals surface area contributed by atoms with Crippen molar-refractivity contribution < 1.29 is 14.3 Å². The first-order valence-corrected chi connectivity index (χ1v) is 5.97. The summed E-state index contributed by atoms with van der Waals surface area (Å²) in [5, 5.41) is 0. The highest BCUT2D eigenvalue weighted by molar-refractivity contribution is 5.93. The molecule has 0 saturated heterocycles. The van der Waals surface area contributed by atoms with E-state index in [2.05, 4.69) is 14.7 Å². The van der Waals surface area contributed by atoms with Gasteiger partial charge in [-0.3, -0.25) is 0 Å². The number of hydrogen-bond donors (Lipinski definition) is 1. The van der Waals surface area contributed by atoms with E-state index in [0.29, 0.717) is 12.2 Å². The van der Waals surface area contributed by atoms with E-state index < -0.39 is 5.97 Å². The van der Waals surface area contributed by atoms with Crippen molar-refractivity contribution in [3.05, 3.63) is 47.4 Å². The van der Waals surface area contributed by atoms with Crippen molar-refractivity contribution in [1.82, 2.24) is 9.97 Å². The van der Waals surface area contributed by atoms with E-state index in [1.807, 2.05) is 24.3 Å². The van der Waals surface area contributed by atoms with Gasteiger partial charge < -0.3 is 15.2 Å². The van der Waals surface area contributed by atoms with Gasteiger partial charge in [-0.05, 0) is 6.07 Å². The maximum Gasteiger partial charge on any atom is 0.343 e. The Kier molecular flexibility index (Phi) is 4.14. The Hall–Kier alpha value is -2.63. The molecule has 0 aliphatic heterocycles. The lowest BCUT2D eigenvalue weighted by Crippen LogP contribution is -2.10. The Morgan fingerprint density at radius 3 is 2.70 bits per heavy atom. The number of benzene rings is 1. The van der Waals surface area contributed by atoms with Crippen LogP contribution in [-0.2, 0) is 11.2 Å². The molecule has 0 spiro atoms. The zero-order valence-corrected chi connectivity index (χ0v) is 11.3. The van der Waals surface area contributed by atoms with Crippen LogP contribution in [0.15, 0.2) is 30.5 Å². The standard InChI is InChI=1S/C14H15N3O3/c1-19-11-6-4-3-5-9(11)7-12-16-8-10(13(15)17-12)14(18)20-2/h3-6,8H,7H2,1-2H3,(H2,15,16,17). The Labute approximate surface area is 116 Å². The molecule has 0 atom stereocenters. The molecule has 1 aromatic carbocycles. The molecular formula is C14H15N3O3. The van der Waals surface area contributed by atoms with E-state index >= 15 is 0 Å². The van der Waals surface area contributed by atoms with Gasteiger partial charge >= 0.3 is 5.97 Å². The van der Waals surface area contributed by atoms with Crippen molar-refractivity contribution in [2.24, 2.45) is 0 Å². The molecule has 0 saturated carbocycles. The lowest BCUT2D eigenvalue weighted by molar-refractivity contribution is 0.0601. The highest BCUT2D eigenvalue weighted by atomic mass is 16.5. The fourth-order valence-corrected chi connectivity index (χ4v) is 1.81. The number of anilines is 1. The van der Waals surface area contributed by atoms with Crippen molar-refractivity contribution in [3.8, 4) is 5.75 Å². The van der Waals surface area contributed by atoms with E-state index in [1.165, 1.54) is 13.3 Å². The number of carbonyl (C=O) groups is 1. The second-order valence-electron chi connectivity index (χ2n) is 4.07. The smallest absolute Gasteiger partial charge is 0.343 e. The van der Waals surface area contributed by atoms with E-state index in [0.717, 1.165) is 11.3 Å². The Morgan fingerprint density at radius 2 is 2.05 bits per heavy atom. The lowest BCUT2D eigenvalue weighted by Gasteiger charge is -2.08. The molecule has 1 heterocycles. The number of rotatable bonds is 4. The average Bonchev–Trinajstić information content (AvgIpc) is 2.47. The third-order valence-electron chi connectivity index (χ3n) is 2.81. The minimum atomic E-state index is -0.550. The highest BCUT2D eigenvalue weighted by Gasteiger charge is 2.13. The number of esters is 1. The molecule has 0 bridgehead atoms. The van der Waals surface area contributed by atoms with Crippen LogP contribution in [0, 0.1) is 0 Å². The van der Waals surface area contributed by atoms with Crippen LogP contribution in [0.5, 0.6) is 5.75 Å². The van der Waals surface area contributed by atoms with Crippen molar-refractivity contribution in [2.75, 3.05) is 20.0 Å². The maximum absolute atomic E-state index is 11.4. The second kappa shape index (κ2) is 6.01. The van der Waals surface area contributed by atoms with Gasteiger partial charge in [0.15, 0.2) is 0 Å². The number of para-hydroxylation sites is 1. The molecule has 6 heteroatoms. The number of aromatic nitrogens is 2. The van der Waals surface area contributed by atoms with Crippen LogP contribution in [0.2, 0.25) is 0 Å². The number of carbonyl (C=O) groups excluding carboxylic acids is 1. The Morgan fingerprint density at radius 1 is 1.30 bits per heavy atom. The van der Waals surface area contributed by atoms with Gasteiger partial charge in [0.2, 0.25) is 0 Å². The van der Waals surface area contributed by atoms with Crippen LogP contribution in [0.4, 0.5) is 5.82 Å². The zero-order valence-electron chi connectivity index (χ0n) is 11.3. The summed E-state index contributed by atoms with van der Waals surface area (Å²) in [6.07, 6.45) is 1.84. The van der Waals surface area contributed by atoms with E-state index in [1.54, 1.807) is 7.11 Å². The molecule has 0 radical (unpaired) electrons. The summed E-state index contributed by atoms with van der Waals surface area (Å²) in [5.74, 6) is 0.828. The number of hydrogen-bond acceptors (Lipinski definition) is 6. The van der Waals surface area contributed by atoms with Gasteiger partial charge in [0, 0.05) is 18.2 Å². The molecule has 2 rings (SSSR count). The van der Waals surface area contributed by atoms with Crippen LogP contribution in [0.1, 0.15) is 21.7 Å². The molecule has 2 aromatic rings. The first-order chi connectivity index (χ1) is 9.65. The summed E-state index contributed by atoms with van der Waals surface area (Å²) in [4.78, 5) is 19.7. The van der Waals surface area contributed by atoms with Crippen LogP contribution in [0.25, 0.3) is 0 Å². The van der Waals surface area contributed by atoms with Gasteiger partial charge in [0.1, 0.15) is 23.0 Å². The van der Waals surface area contributed by atoms with Crippen LogP contribution < -0.4 is 10.5 Å². The predicted molar refractivity (Wildman–Crippen MR) is 73.6 cm³/mol. The van der Waals surface area contributed by atoms with Crippen molar-refractivity contribution in [2.45, 2.75) is 6.42 Å². The third kappa shape index (κ3) is 2.85. The molecule has 0 aliphatic carbocycles. The van der Waals surface area contributed by atoms with Crippen molar-refractivity contribution >= 4 is 11.8 Å². The molecule has 0 unspecified atom stereocenters. The lowest BCUT2D eigenvalue weighted by atomic mass is 10.1. The molecule has 0 amide bonds. The molecule has 0 aliphatic rings. The SMILES string of the molecule is COC(=O)c1cnc(Cc2ccccc2OC)nc1N. The predicted octanol–water partition coefficient (Wildman–Crippen LogP) is 1.44.